The summed E-state index contributed by atoms with van der Waals surface area (Å²) in [4.78, 5) is 15.2. The van der Waals surface area contributed by atoms with Crippen molar-refractivity contribution in [2.24, 2.45) is 0 Å². The van der Waals surface area contributed by atoms with Crippen LogP contribution in [-0.2, 0) is 0 Å². The highest BCUT2D eigenvalue weighted by Crippen LogP contribution is 2.31. The summed E-state index contributed by atoms with van der Waals surface area (Å²) in [5.41, 5.74) is 5.34. The second kappa shape index (κ2) is 11.6. The third-order valence-electron chi connectivity index (χ3n) is 8.94. The van der Waals surface area contributed by atoms with Crippen LogP contribution in [0.15, 0.2) is 146 Å². The quantitative estimate of drug-likeness (QED) is 0.184. The molecule has 10 rings (SSSR count). The first-order chi connectivity index (χ1) is 25.2. The summed E-state index contributed by atoms with van der Waals surface area (Å²) in [6.07, 6.45) is 10.5. The van der Waals surface area contributed by atoms with Crippen LogP contribution in [0.1, 0.15) is 0 Å². The second-order valence-electron chi connectivity index (χ2n) is 12.1. The Morgan fingerprint density at radius 3 is 0.922 bits per heavy atom. The van der Waals surface area contributed by atoms with Crippen LogP contribution in [0.3, 0.4) is 0 Å². The summed E-state index contributed by atoms with van der Waals surface area (Å²) < 4.78 is 5.23. The molecule has 0 amide bonds. The SMILES string of the molecule is c1cn(-c2ccc3ccc(-c4nc(-c5ccc6ccc(-n7ccnn7)cc6c5)nc(-c5ccc6ccc(-n7ccnn7)cc6c5)n4)cc3c2)nn1. The van der Waals surface area contributed by atoms with Crippen molar-refractivity contribution < 1.29 is 0 Å². The van der Waals surface area contributed by atoms with Gasteiger partial charge < -0.3 is 0 Å². The van der Waals surface area contributed by atoms with Crippen LogP contribution >= 0.6 is 0 Å². The Kier molecular flexibility index (Phi) is 6.49. The van der Waals surface area contributed by atoms with Crippen molar-refractivity contribution in [1.29, 1.82) is 0 Å². The molecule has 0 unspecified atom stereocenters. The average Bonchev–Trinajstić information content (AvgIpc) is 4.02. The van der Waals surface area contributed by atoms with Gasteiger partial charge in [0, 0.05) is 16.7 Å². The highest BCUT2D eigenvalue weighted by molar-refractivity contribution is 5.91. The molecule has 12 heteroatoms. The van der Waals surface area contributed by atoms with Crippen molar-refractivity contribution >= 4 is 32.3 Å². The standard InChI is InChI=1S/C39H24N12/c1-4-28(19-31-22-34(10-7-25(1)31)49-16-13-40-46-49)37-43-38(29-5-2-26-8-11-35(23-32(26)20-29)50-17-14-41-47-50)45-39(44-37)30-6-3-27-9-12-36(24-33(27)21-30)51-18-15-42-48-51/h1-24H. The van der Waals surface area contributed by atoms with Gasteiger partial charge in [0.2, 0.25) is 0 Å². The lowest BCUT2D eigenvalue weighted by Gasteiger charge is -2.11. The Morgan fingerprint density at radius 1 is 0.314 bits per heavy atom. The third-order valence-corrected chi connectivity index (χ3v) is 8.94. The Bertz CT molecular complexity index is 2540. The summed E-state index contributed by atoms with van der Waals surface area (Å²) in [7, 11) is 0. The lowest BCUT2D eigenvalue weighted by molar-refractivity contribution is 0.804. The van der Waals surface area contributed by atoms with Gasteiger partial charge in [-0.25, -0.2) is 29.0 Å². The van der Waals surface area contributed by atoms with E-state index in [1.54, 1.807) is 32.6 Å². The lowest BCUT2D eigenvalue weighted by atomic mass is 10.0. The monoisotopic (exact) mass is 660 g/mol. The number of rotatable bonds is 6. The van der Waals surface area contributed by atoms with Gasteiger partial charge in [-0.05, 0) is 86.9 Å². The highest BCUT2D eigenvalue weighted by Gasteiger charge is 2.15. The van der Waals surface area contributed by atoms with Crippen LogP contribution in [0.5, 0.6) is 0 Å². The number of benzene rings is 6. The fourth-order valence-electron chi connectivity index (χ4n) is 6.35. The van der Waals surface area contributed by atoms with E-state index < -0.39 is 0 Å². The van der Waals surface area contributed by atoms with Gasteiger partial charge in [0.05, 0.1) is 54.2 Å². The molecule has 0 N–H and O–H groups in total. The summed E-state index contributed by atoms with van der Waals surface area (Å²) in [5.74, 6) is 1.70. The molecule has 0 saturated heterocycles. The number of nitrogens with zero attached hydrogens (tertiary/aromatic N) is 12. The normalized spacial score (nSPS) is 11.5. The Balaban J connectivity index is 1.14. The Labute approximate surface area is 289 Å². The molecule has 12 nitrogen and oxygen atoms in total. The Hall–Kier alpha value is -7.47. The molecule has 0 spiro atoms. The third kappa shape index (κ3) is 5.23. The van der Waals surface area contributed by atoms with Gasteiger partial charge in [-0.15, -0.1) is 15.3 Å². The van der Waals surface area contributed by atoms with Gasteiger partial charge in [-0.1, -0.05) is 70.2 Å². The van der Waals surface area contributed by atoms with E-state index in [0.717, 1.165) is 66.1 Å². The maximum absolute atomic E-state index is 5.07. The van der Waals surface area contributed by atoms with Gasteiger partial charge in [0.25, 0.3) is 0 Å². The number of hydrogen-bond acceptors (Lipinski definition) is 9. The van der Waals surface area contributed by atoms with Crippen molar-refractivity contribution in [3.05, 3.63) is 146 Å². The van der Waals surface area contributed by atoms with Gasteiger partial charge in [0.15, 0.2) is 17.5 Å². The zero-order chi connectivity index (χ0) is 33.7. The number of fused-ring (bicyclic) bond motifs is 3. The van der Waals surface area contributed by atoms with E-state index in [-0.39, 0.29) is 0 Å². The fourth-order valence-corrected chi connectivity index (χ4v) is 6.35. The summed E-state index contributed by atoms with van der Waals surface area (Å²) >= 11 is 0. The van der Waals surface area contributed by atoms with E-state index in [1.165, 1.54) is 0 Å². The van der Waals surface area contributed by atoms with E-state index in [2.05, 4.69) is 122 Å². The van der Waals surface area contributed by atoms with Crippen molar-refractivity contribution in [2.45, 2.75) is 0 Å². The van der Waals surface area contributed by atoms with Gasteiger partial charge in [-0.3, -0.25) is 0 Å². The zero-order valence-corrected chi connectivity index (χ0v) is 26.7. The first-order valence-corrected chi connectivity index (χ1v) is 16.2. The summed E-state index contributed by atoms with van der Waals surface area (Å²) in [6.45, 7) is 0. The highest BCUT2D eigenvalue weighted by atomic mass is 15.4. The lowest BCUT2D eigenvalue weighted by Crippen LogP contribution is -2.01. The fraction of sp³-hybridized carbons (Fsp3) is 0. The predicted molar refractivity (Wildman–Crippen MR) is 193 cm³/mol. The van der Waals surface area contributed by atoms with Crippen LogP contribution in [0.25, 0.3) is 83.5 Å². The minimum absolute atomic E-state index is 0.566. The molecule has 10 aromatic rings. The molecule has 0 aliphatic heterocycles. The maximum atomic E-state index is 5.07. The van der Waals surface area contributed by atoms with Crippen molar-refractivity contribution in [2.75, 3.05) is 0 Å². The largest absolute Gasteiger partial charge is 0.221 e. The molecule has 0 fully saturated rings. The molecule has 4 heterocycles. The van der Waals surface area contributed by atoms with Crippen LogP contribution in [0, 0.1) is 0 Å². The molecule has 0 aliphatic rings. The van der Waals surface area contributed by atoms with Crippen molar-refractivity contribution in [3.8, 4) is 51.2 Å². The van der Waals surface area contributed by atoms with Gasteiger partial charge in [0.1, 0.15) is 0 Å². The number of hydrogen-bond donors (Lipinski definition) is 0. The van der Waals surface area contributed by atoms with Gasteiger partial charge >= 0.3 is 0 Å². The average molecular weight is 661 g/mol. The van der Waals surface area contributed by atoms with Gasteiger partial charge in [-0.2, -0.15) is 0 Å². The van der Waals surface area contributed by atoms with E-state index in [0.29, 0.717) is 17.5 Å². The van der Waals surface area contributed by atoms with E-state index in [9.17, 15) is 0 Å². The van der Waals surface area contributed by atoms with Crippen LogP contribution < -0.4 is 0 Å². The van der Waals surface area contributed by atoms with Crippen LogP contribution in [0.4, 0.5) is 0 Å². The maximum Gasteiger partial charge on any atom is 0.164 e. The van der Waals surface area contributed by atoms with Crippen LogP contribution in [0.2, 0.25) is 0 Å². The molecule has 0 atom stereocenters. The zero-order valence-electron chi connectivity index (χ0n) is 26.7. The Morgan fingerprint density at radius 2 is 0.627 bits per heavy atom. The molecule has 0 bridgehead atoms. The first kappa shape index (κ1) is 28.5. The molecule has 6 aromatic carbocycles. The molecular weight excluding hydrogens is 637 g/mol. The molecule has 4 aromatic heterocycles. The van der Waals surface area contributed by atoms with E-state index in [1.807, 2.05) is 36.8 Å². The van der Waals surface area contributed by atoms with Crippen molar-refractivity contribution in [3.63, 3.8) is 0 Å². The smallest absolute Gasteiger partial charge is 0.164 e. The topological polar surface area (TPSA) is 131 Å². The second-order valence-corrected chi connectivity index (χ2v) is 12.1. The van der Waals surface area contributed by atoms with Crippen molar-refractivity contribution in [1.82, 2.24) is 59.9 Å². The summed E-state index contributed by atoms with van der Waals surface area (Å²) in [5, 5.41) is 30.8. The summed E-state index contributed by atoms with van der Waals surface area (Å²) in [6, 6.07) is 37.3. The first-order valence-electron chi connectivity index (χ1n) is 16.2. The minimum Gasteiger partial charge on any atom is -0.221 e. The molecule has 0 aliphatic carbocycles. The van der Waals surface area contributed by atoms with E-state index >= 15 is 0 Å². The van der Waals surface area contributed by atoms with E-state index in [4.69, 9.17) is 15.0 Å². The molecule has 0 saturated carbocycles. The number of aromatic nitrogens is 12. The minimum atomic E-state index is 0.566. The molecule has 0 radical (unpaired) electrons. The molecule has 51 heavy (non-hydrogen) atoms. The van der Waals surface area contributed by atoms with Crippen LogP contribution in [-0.4, -0.2) is 59.9 Å². The molecular formula is C39H24N12. The molecule has 240 valence electrons. The predicted octanol–water partition coefficient (Wildman–Crippen LogP) is 7.07.